The molecule has 0 saturated heterocycles. The number of halogens is 1. The van der Waals surface area contributed by atoms with Gasteiger partial charge >= 0.3 is 0 Å². The third kappa shape index (κ3) is 5.50. The summed E-state index contributed by atoms with van der Waals surface area (Å²) in [7, 11) is 0. The highest BCUT2D eigenvalue weighted by molar-refractivity contribution is 5.93. The lowest BCUT2D eigenvalue weighted by molar-refractivity contribution is -0.121. The molecule has 23 heavy (non-hydrogen) atoms. The second kappa shape index (κ2) is 8.63. The molecule has 6 heteroatoms. The maximum Gasteiger partial charge on any atom is 0.252 e. The Hall–Kier alpha value is -2.76. The molecule has 2 amide bonds. The van der Waals surface area contributed by atoms with Crippen molar-refractivity contribution in [3.8, 4) is 0 Å². The number of aromatic nitrogens is 1. The first-order chi connectivity index (χ1) is 11.2. The summed E-state index contributed by atoms with van der Waals surface area (Å²) in [4.78, 5) is 27.3. The summed E-state index contributed by atoms with van der Waals surface area (Å²) in [6, 6.07) is 9.74. The van der Waals surface area contributed by atoms with Crippen LogP contribution in [0.25, 0.3) is 0 Å². The minimum absolute atomic E-state index is 0.177. The molecule has 5 nitrogen and oxygen atoms in total. The van der Waals surface area contributed by atoms with Gasteiger partial charge in [-0.05, 0) is 30.2 Å². The fourth-order valence-corrected chi connectivity index (χ4v) is 2.01. The SMILES string of the molecule is O=C(CCc1ccccc1F)NCCNC(=O)c1cccnc1. The number of pyridine rings is 1. The van der Waals surface area contributed by atoms with Crippen LogP contribution in [0.2, 0.25) is 0 Å². The van der Waals surface area contributed by atoms with Crippen molar-refractivity contribution in [3.05, 3.63) is 65.7 Å². The summed E-state index contributed by atoms with van der Waals surface area (Å²) in [6.07, 6.45) is 3.62. The fraction of sp³-hybridized carbons (Fsp3) is 0.235. The van der Waals surface area contributed by atoms with Crippen LogP contribution in [0.5, 0.6) is 0 Å². The van der Waals surface area contributed by atoms with Crippen LogP contribution in [0.3, 0.4) is 0 Å². The molecule has 0 radical (unpaired) electrons. The van der Waals surface area contributed by atoms with Gasteiger partial charge in [0.25, 0.3) is 5.91 Å². The van der Waals surface area contributed by atoms with E-state index >= 15 is 0 Å². The van der Waals surface area contributed by atoms with E-state index in [1.54, 1.807) is 36.5 Å². The second-order valence-electron chi connectivity index (χ2n) is 4.94. The fourth-order valence-electron chi connectivity index (χ4n) is 2.01. The van der Waals surface area contributed by atoms with Crippen molar-refractivity contribution < 1.29 is 14.0 Å². The van der Waals surface area contributed by atoms with E-state index in [1.165, 1.54) is 12.3 Å². The third-order valence-corrected chi connectivity index (χ3v) is 3.24. The third-order valence-electron chi connectivity index (χ3n) is 3.24. The zero-order valence-electron chi connectivity index (χ0n) is 12.6. The first-order valence-corrected chi connectivity index (χ1v) is 7.35. The van der Waals surface area contributed by atoms with E-state index in [0.29, 0.717) is 30.6 Å². The van der Waals surface area contributed by atoms with Crippen LogP contribution in [0, 0.1) is 5.82 Å². The molecule has 0 bridgehead atoms. The highest BCUT2D eigenvalue weighted by Crippen LogP contribution is 2.08. The van der Waals surface area contributed by atoms with E-state index in [1.807, 2.05) is 0 Å². The number of rotatable bonds is 7. The average molecular weight is 315 g/mol. The van der Waals surface area contributed by atoms with Gasteiger partial charge in [-0.15, -0.1) is 0 Å². The molecule has 1 aromatic heterocycles. The predicted molar refractivity (Wildman–Crippen MR) is 84.3 cm³/mol. The largest absolute Gasteiger partial charge is 0.354 e. The summed E-state index contributed by atoms with van der Waals surface area (Å²) in [6.45, 7) is 0.640. The van der Waals surface area contributed by atoms with Crippen LogP contribution in [0.1, 0.15) is 22.3 Å². The van der Waals surface area contributed by atoms with E-state index in [9.17, 15) is 14.0 Å². The molecule has 120 valence electrons. The van der Waals surface area contributed by atoms with Crippen LogP contribution in [-0.4, -0.2) is 29.9 Å². The number of amides is 2. The number of benzene rings is 1. The molecule has 0 aliphatic heterocycles. The highest BCUT2D eigenvalue weighted by atomic mass is 19.1. The topological polar surface area (TPSA) is 71.1 Å². The van der Waals surface area contributed by atoms with Gasteiger partial charge in [-0.2, -0.15) is 0 Å². The molecule has 0 aliphatic carbocycles. The van der Waals surface area contributed by atoms with E-state index in [4.69, 9.17) is 0 Å². The minimum atomic E-state index is -0.302. The van der Waals surface area contributed by atoms with Crippen molar-refractivity contribution in [1.29, 1.82) is 0 Å². The van der Waals surface area contributed by atoms with E-state index in [-0.39, 0.29) is 24.1 Å². The first kappa shape index (κ1) is 16.6. The molecule has 0 fully saturated rings. The van der Waals surface area contributed by atoms with Crippen molar-refractivity contribution in [1.82, 2.24) is 15.6 Å². The van der Waals surface area contributed by atoms with Crippen molar-refractivity contribution >= 4 is 11.8 Å². The quantitative estimate of drug-likeness (QED) is 0.764. The van der Waals surface area contributed by atoms with Crippen molar-refractivity contribution in [2.75, 3.05) is 13.1 Å². The molecule has 0 spiro atoms. The molecule has 1 heterocycles. The summed E-state index contributed by atoms with van der Waals surface area (Å²) in [5.41, 5.74) is 0.992. The Morgan fingerprint density at radius 1 is 1.04 bits per heavy atom. The Kier molecular flexibility index (Phi) is 6.23. The van der Waals surface area contributed by atoms with E-state index in [2.05, 4.69) is 15.6 Å². The van der Waals surface area contributed by atoms with Crippen molar-refractivity contribution in [2.45, 2.75) is 12.8 Å². The van der Waals surface area contributed by atoms with Gasteiger partial charge < -0.3 is 10.6 Å². The minimum Gasteiger partial charge on any atom is -0.354 e. The molecular weight excluding hydrogens is 297 g/mol. The zero-order valence-corrected chi connectivity index (χ0v) is 12.6. The van der Waals surface area contributed by atoms with Crippen LogP contribution < -0.4 is 10.6 Å². The van der Waals surface area contributed by atoms with Gasteiger partial charge in [0.15, 0.2) is 0 Å². The lowest BCUT2D eigenvalue weighted by atomic mass is 10.1. The molecule has 0 atom stereocenters. The molecule has 2 rings (SSSR count). The lowest BCUT2D eigenvalue weighted by Crippen LogP contribution is -2.34. The highest BCUT2D eigenvalue weighted by Gasteiger charge is 2.06. The lowest BCUT2D eigenvalue weighted by Gasteiger charge is -2.07. The summed E-state index contributed by atoms with van der Waals surface area (Å²) in [5, 5.41) is 5.37. The number of hydrogen-bond donors (Lipinski definition) is 2. The smallest absolute Gasteiger partial charge is 0.252 e. The molecule has 1 aromatic carbocycles. The Labute approximate surface area is 133 Å². The molecule has 0 aliphatic rings. The average Bonchev–Trinajstić information content (AvgIpc) is 2.58. The van der Waals surface area contributed by atoms with Crippen LogP contribution in [0.4, 0.5) is 4.39 Å². The predicted octanol–water partition coefficient (Wildman–Crippen LogP) is 1.70. The normalized spacial score (nSPS) is 10.1. The monoisotopic (exact) mass is 315 g/mol. The van der Waals surface area contributed by atoms with Gasteiger partial charge in [0.1, 0.15) is 5.82 Å². The molecule has 2 aromatic rings. The first-order valence-electron chi connectivity index (χ1n) is 7.35. The molecule has 0 unspecified atom stereocenters. The second-order valence-corrected chi connectivity index (χ2v) is 4.94. The Morgan fingerprint density at radius 2 is 1.83 bits per heavy atom. The van der Waals surface area contributed by atoms with Crippen molar-refractivity contribution in [2.24, 2.45) is 0 Å². The Balaban J connectivity index is 1.63. The maximum absolute atomic E-state index is 13.4. The molecular formula is C17H18FN3O2. The Morgan fingerprint density at radius 3 is 2.57 bits per heavy atom. The zero-order chi connectivity index (χ0) is 16.5. The van der Waals surface area contributed by atoms with Gasteiger partial charge in [-0.25, -0.2) is 4.39 Å². The van der Waals surface area contributed by atoms with Crippen LogP contribution in [-0.2, 0) is 11.2 Å². The van der Waals surface area contributed by atoms with Gasteiger partial charge in [0.05, 0.1) is 5.56 Å². The number of nitrogens with one attached hydrogen (secondary N) is 2. The van der Waals surface area contributed by atoms with Crippen LogP contribution >= 0.6 is 0 Å². The van der Waals surface area contributed by atoms with Gasteiger partial charge in [0.2, 0.25) is 5.91 Å². The van der Waals surface area contributed by atoms with Gasteiger partial charge in [-0.3, -0.25) is 14.6 Å². The number of carbonyl (C=O) groups excluding carboxylic acids is 2. The maximum atomic E-state index is 13.4. The van der Waals surface area contributed by atoms with E-state index in [0.717, 1.165) is 0 Å². The van der Waals surface area contributed by atoms with Crippen LogP contribution in [0.15, 0.2) is 48.8 Å². The van der Waals surface area contributed by atoms with Crippen molar-refractivity contribution in [3.63, 3.8) is 0 Å². The summed E-state index contributed by atoms with van der Waals surface area (Å²) in [5.74, 6) is -0.716. The molecule has 0 saturated carbocycles. The molecule has 2 N–H and O–H groups in total. The van der Waals surface area contributed by atoms with E-state index < -0.39 is 0 Å². The standard InChI is InChI=1S/C17H18FN3O2/c18-15-6-2-1-4-13(15)7-8-16(22)20-10-11-21-17(23)14-5-3-9-19-12-14/h1-6,9,12H,7-8,10-11H2,(H,20,22)(H,21,23). The number of nitrogens with zero attached hydrogens (tertiary/aromatic N) is 1. The summed E-state index contributed by atoms with van der Waals surface area (Å²) >= 11 is 0. The number of aryl methyl sites for hydroxylation is 1. The Bertz CT molecular complexity index is 662. The number of hydrogen-bond acceptors (Lipinski definition) is 3. The summed E-state index contributed by atoms with van der Waals surface area (Å²) < 4.78 is 13.4. The number of carbonyl (C=O) groups is 2. The van der Waals surface area contributed by atoms with Gasteiger partial charge in [0, 0.05) is 31.9 Å². The van der Waals surface area contributed by atoms with Gasteiger partial charge in [-0.1, -0.05) is 18.2 Å².